The third-order valence-corrected chi connectivity index (χ3v) is 4.60. The smallest absolute Gasteiger partial charge is 0.0165 e. The van der Waals surface area contributed by atoms with Gasteiger partial charge in [0.1, 0.15) is 0 Å². The van der Waals surface area contributed by atoms with Gasteiger partial charge in [-0.1, -0.05) is 19.8 Å². The second-order valence-electron chi connectivity index (χ2n) is 5.68. The molecule has 2 nitrogen and oxygen atoms in total. The molecule has 1 aliphatic heterocycles. The van der Waals surface area contributed by atoms with Crippen molar-refractivity contribution in [3.05, 3.63) is 0 Å². The molecule has 0 radical (unpaired) electrons. The van der Waals surface area contributed by atoms with Gasteiger partial charge in [0.25, 0.3) is 0 Å². The number of nitrogens with zero attached hydrogens (tertiary/aromatic N) is 1. The van der Waals surface area contributed by atoms with Gasteiger partial charge in [-0.05, 0) is 50.6 Å². The minimum Gasteiger partial charge on any atom is -0.327 e. The summed E-state index contributed by atoms with van der Waals surface area (Å²) in [6.45, 7) is 5.90. The van der Waals surface area contributed by atoms with Gasteiger partial charge in [-0.15, -0.1) is 0 Å². The Morgan fingerprint density at radius 2 is 1.73 bits per heavy atom. The first kappa shape index (κ1) is 11.4. The lowest BCUT2D eigenvalue weighted by atomic mass is 9.77. The van der Waals surface area contributed by atoms with Crippen molar-refractivity contribution >= 4 is 0 Å². The van der Waals surface area contributed by atoms with Crippen molar-refractivity contribution in [2.45, 2.75) is 57.9 Å². The Morgan fingerprint density at radius 3 is 2.27 bits per heavy atom. The fourth-order valence-corrected chi connectivity index (χ4v) is 3.30. The van der Waals surface area contributed by atoms with Gasteiger partial charge in [-0.25, -0.2) is 0 Å². The maximum atomic E-state index is 6.01. The summed E-state index contributed by atoms with van der Waals surface area (Å²) in [5.74, 6) is 0. The number of piperidine rings is 1. The third kappa shape index (κ3) is 2.73. The molecule has 2 rings (SSSR count). The minimum absolute atomic E-state index is 0.391. The highest BCUT2D eigenvalue weighted by Gasteiger charge is 2.36. The van der Waals surface area contributed by atoms with E-state index in [4.69, 9.17) is 5.73 Å². The predicted octanol–water partition coefficient (Wildman–Crippen LogP) is 2.38. The summed E-state index contributed by atoms with van der Waals surface area (Å²) in [5, 5.41) is 0. The average molecular weight is 210 g/mol. The fourth-order valence-electron chi connectivity index (χ4n) is 3.30. The topological polar surface area (TPSA) is 29.3 Å². The lowest BCUT2D eigenvalue weighted by molar-refractivity contribution is 0.104. The zero-order valence-corrected chi connectivity index (χ0v) is 10.2. The molecule has 1 spiro atoms. The van der Waals surface area contributed by atoms with Gasteiger partial charge in [0.2, 0.25) is 0 Å². The molecule has 0 aromatic carbocycles. The van der Waals surface area contributed by atoms with E-state index in [9.17, 15) is 0 Å². The molecule has 2 fully saturated rings. The van der Waals surface area contributed by atoms with E-state index in [2.05, 4.69) is 11.8 Å². The molecule has 0 aromatic heterocycles. The first-order valence-electron chi connectivity index (χ1n) is 6.72. The highest BCUT2D eigenvalue weighted by molar-refractivity contribution is 4.90. The number of hydrogen-bond acceptors (Lipinski definition) is 2. The van der Waals surface area contributed by atoms with E-state index in [0.717, 1.165) is 18.4 Å². The highest BCUT2D eigenvalue weighted by atomic mass is 15.1. The van der Waals surface area contributed by atoms with E-state index in [1.54, 1.807) is 0 Å². The van der Waals surface area contributed by atoms with Crippen molar-refractivity contribution in [1.82, 2.24) is 4.90 Å². The summed E-state index contributed by atoms with van der Waals surface area (Å²) in [5.41, 5.74) is 6.76. The molecule has 1 atom stereocenters. The van der Waals surface area contributed by atoms with Crippen LogP contribution in [0.3, 0.4) is 0 Å². The number of hydrogen-bond donors (Lipinski definition) is 1. The molecule has 2 aliphatic rings. The molecule has 0 amide bonds. The first-order chi connectivity index (χ1) is 7.24. The third-order valence-electron chi connectivity index (χ3n) is 4.60. The molecular weight excluding hydrogens is 184 g/mol. The minimum atomic E-state index is 0.391. The van der Waals surface area contributed by atoms with Crippen LogP contribution in [0, 0.1) is 5.41 Å². The van der Waals surface area contributed by atoms with E-state index < -0.39 is 0 Å². The van der Waals surface area contributed by atoms with Crippen molar-refractivity contribution in [3.8, 4) is 0 Å². The quantitative estimate of drug-likeness (QED) is 0.775. The van der Waals surface area contributed by atoms with Crippen molar-refractivity contribution < 1.29 is 0 Å². The van der Waals surface area contributed by atoms with Gasteiger partial charge in [-0.2, -0.15) is 0 Å². The van der Waals surface area contributed by atoms with Crippen LogP contribution in [0.15, 0.2) is 0 Å². The summed E-state index contributed by atoms with van der Waals surface area (Å²) >= 11 is 0. The van der Waals surface area contributed by atoms with Crippen LogP contribution in [0.2, 0.25) is 0 Å². The zero-order valence-electron chi connectivity index (χ0n) is 10.2. The van der Waals surface area contributed by atoms with Gasteiger partial charge < -0.3 is 10.6 Å². The molecular formula is C13H26N2. The predicted molar refractivity (Wildman–Crippen MR) is 64.8 cm³/mol. The molecule has 88 valence electrons. The van der Waals surface area contributed by atoms with Crippen LogP contribution in [0.5, 0.6) is 0 Å². The molecule has 1 unspecified atom stereocenters. The number of likely N-dealkylation sites (tertiary alicyclic amines) is 1. The molecule has 1 aliphatic carbocycles. The Kier molecular flexibility index (Phi) is 3.68. The molecule has 1 heterocycles. The highest BCUT2D eigenvalue weighted by Crippen LogP contribution is 2.45. The Labute approximate surface area is 94.2 Å². The van der Waals surface area contributed by atoms with Crippen molar-refractivity contribution in [2.75, 3.05) is 19.6 Å². The summed E-state index contributed by atoms with van der Waals surface area (Å²) in [4.78, 5) is 2.58. The maximum Gasteiger partial charge on any atom is 0.0165 e. The number of rotatable bonds is 3. The maximum absolute atomic E-state index is 6.01. The molecule has 0 bridgehead atoms. The Bertz CT molecular complexity index is 187. The normalized spacial score (nSPS) is 28.4. The van der Waals surface area contributed by atoms with Crippen LogP contribution in [0.25, 0.3) is 0 Å². The molecule has 2 heteroatoms. The average Bonchev–Trinajstić information content (AvgIpc) is 2.70. The zero-order chi connectivity index (χ0) is 10.7. The van der Waals surface area contributed by atoms with Crippen molar-refractivity contribution in [3.63, 3.8) is 0 Å². The van der Waals surface area contributed by atoms with E-state index in [0.29, 0.717) is 6.04 Å². The van der Waals surface area contributed by atoms with Crippen LogP contribution in [0.1, 0.15) is 51.9 Å². The van der Waals surface area contributed by atoms with Crippen LogP contribution in [0.4, 0.5) is 0 Å². The van der Waals surface area contributed by atoms with Crippen molar-refractivity contribution in [1.29, 1.82) is 0 Å². The van der Waals surface area contributed by atoms with E-state index in [-0.39, 0.29) is 0 Å². The summed E-state index contributed by atoms with van der Waals surface area (Å²) in [6.07, 6.45) is 9.94. The molecule has 2 N–H and O–H groups in total. The fraction of sp³-hybridized carbons (Fsp3) is 1.00. The summed E-state index contributed by atoms with van der Waals surface area (Å²) in [7, 11) is 0. The SMILES string of the molecule is CCC(N)CN1CCC2(CCCC2)CC1. The van der Waals surface area contributed by atoms with Gasteiger partial charge in [-0.3, -0.25) is 0 Å². The van der Waals surface area contributed by atoms with Crippen LogP contribution < -0.4 is 5.73 Å². The van der Waals surface area contributed by atoms with Crippen LogP contribution >= 0.6 is 0 Å². The van der Waals surface area contributed by atoms with Gasteiger partial charge in [0.05, 0.1) is 0 Å². The first-order valence-corrected chi connectivity index (χ1v) is 6.72. The molecule has 15 heavy (non-hydrogen) atoms. The molecule has 0 aromatic rings. The number of nitrogens with two attached hydrogens (primary N) is 1. The molecule has 1 saturated carbocycles. The van der Waals surface area contributed by atoms with E-state index >= 15 is 0 Å². The Hall–Kier alpha value is -0.0800. The molecule has 1 saturated heterocycles. The van der Waals surface area contributed by atoms with Crippen molar-refractivity contribution in [2.24, 2.45) is 11.1 Å². The van der Waals surface area contributed by atoms with Gasteiger partial charge in [0.15, 0.2) is 0 Å². The second kappa shape index (κ2) is 4.84. The Balaban J connectivity index is 1.76. The van der Waals surface area contributed by atoms with E-state index in [1.807, 2.05) is 0 Å². The van der Waals surface area contributed by atoms with Crippen LogP contribution in [-0.2, 0) is 0 Å². The van der Waals surface area contributed by atoms with Gasteiger partial charge in [0, 0.05) is 12.6 Å². The standard InChI is InChI=1S/C13H26N2/c1-2-12(14)11-15-9-7-13(8-10-15)5-3-4-6-13/h12H,2-11,14H2,1H3. The largest absolute Gasteiger partial charge is 0.327 e. The van der Waals surface area contributed by atoms with Gasteiger partial charge >= 0.3 is 0 Å². The lowest BCUT2D eigenvalue weighted by Crippen LogP contribution is -2.44. The van der Waals surface area contributed by atoms with Crippen LogP contribution in [-0.4, -0.2) is 30.6 Å². The van der Waals surface area contributed by atoms with E-state index in [1.165, 1.54) is 51.6 Å². The lowest BCUT2D eigenvalue weighted by Gasteiger charge is -2.40. The summed E-state index contributed by atoms with van der Waals surface area (Å²) in [6, 6.07) is 0.391. The monoisotopic (exact) mass is 210 g/mol. The summed E-state index contributed by atoms with van der Waals surface area (Å²) < 4.78 is 0. The Morgan fingerprint density at radius 1 is 1.13 bits per heavy atom. The second-order valence-corrected chi connectivity index (χ2v) is 5.68.